The van der Waals surface area contributed by atoms with Crippen LogP contribution in [-0.2, 0) is 4.79 Å². The highest BCUT2D eigenvalue weighted by Gasteiger charge is 2.32. The number of hydrogen-bond donors (Lipinski definition) is 3. The molecule has 0 radical (unpaired) electrons. The summed E-state index contributed by atoms with van der Waals surface area (Å²) >= 11 is 0. The summed E-state index contributed by atoms with van der Waals surface area (Å²) < 4.78 is 0. The summed E-state index contributed by atoms with van der Waals surface area (Å²) in [7, 11) is 0. The number of carbonyl (C=O) groups excluding carboxylic acids is 1. The molecule has 0 aromatic heterocycles. The summed E-state index contributed by atoms with van der Waals surface area (Å²) in [5.41, 5.74) is 0.397. The highest BCUT2D eigenvalue weighted by Crippen LogP contribution is 2.39. The number of nitrogens with one attached hydrogen (secondary N) is 2. The van der Waals surface area contributed by atoms with Crippen molar-refractivity contribution >= 4 is 11.5 Å². The summed E-state index contributed by atoms with van der Waals surface area (Å²) in [6, 6.07) is 0. The van der Waals surface area contributed by atoms with Gasteiger partial charge in [-0.15, -0.1) is 0 Å². The van der Waals surface area contributed by atoms with Crippen LogP contribution in [-0.4, -0.2) is 29.4 Å². The first kappa shape index (κ1) is 15.3. The molecule has 18 heavy (non-hydrogen) atoms. The average molecular weight is 254 g/mol. The van der Waals surface area contributed by atoms with Crippen molar-refractivity contribution < 1.29 is 9.90 Å². The lowest BCUT2D eigenvalue weighted by Gasteiger charge is -2.38. The van der Waals surface area contributed by atoms with Gasteiger partial charge in [0.2, 0.25) is 0 Å². The first-order valence-corrected chi connectivity index (χ1v) is 6.95. The van der Waals surface area contributed by atoms with Gasteiger partial charge in [0.05, 0.1) is 5.71 Å². The predicted octanol–water partition coefficient (Wildman–Crippen LogP) is 2.25. The maximum atomic E-state index is 11.1. The molecule has 1 rings (SSSR count). The van der Waals surface area contributed by atoms with E-state index in [0.29, 0.717) is 6.42 Å². The first-order valence-electron chi connectivity index (χ1n) is 6.95. The second-order valence-electron chi connectivity index (χ2n) is 5.65. The molecule has 0 aromatic carbocycles. The van der Waals surface area contributed by atoms with Gasteiger partial charge in [0.1, 0.15) is 6.23 Å². The molecule has 4 nitrogen and oxygen atoms in total. The van der Waals surface area contributed by atoms with E-state index in [4.69, 9.17) is 5.41 Å². The molecule has 0 aromatic rings. The Balaban J connectivity index is 2.54. The van der Waals surface area contributed by atoms with E-state index >= 15 is 0 Å². The molecule has 1 aliphatic rings. The van der Waals surface area contributed by atoms with E-state index in [1.54, 1.807) is 6.92 Å². The summed E-state index contributed by atoms with van der Waals surface area (Å²) in [4.78, 5) is 11.1. The predicted molar refractivity (Wildman–Crippen MR) is 72.8 cm³/mol. The third-order valence-electron chi connectivity index (χ3n) is 4.02. The zero-order valence-corrected chi connectivity index (χ0v) is 11.6. The van der Waals surface area contributed by atoms with Crippen LogP contribution in [0.3, 0.4) is 0 Å². The number of aliphatic hydroxyl groups excluding tert-OH is 1. The number of Topliss-reactive ketones (excluding diaryl/α,β-unsaturated/α-hetero) is 1. The fraction of sp³-hybridized carbons (Fsp3) is 0.857. The lowest BCUT2D eigenvalue weighted by molar-refractivity contribution is -0.111. The molecule has 0 spiro atoms. The smallest absolute Gasteiger partial charge is 0.173 e. The van der Waals surface area contributed by atoms with Crippen molar-refractivity contribution in [3.63, 3.8) is 0 Å². The summed E-state index contributed by atoms with van der Waals surface area (Å²) in [5.74, 6) is -0.121. The Hall–Kier alpha value is -0.740. The maximum Gasteiger partial charge on any atom is 0.173 e. The zero-order valence-electron chi connectivity index (χ0n) is 11.6. The van der Waals surface area contributed by atoms with Crippen molar-refractivity contribution in [3.8, 4) is 0 Å². The minimum Gasteiger partial charge on any atom is -0.379 e. The Bertz CT molecular complexity index is 294. The molecular weight excluding hydrogens is 228 g/mol. The second-order valence-corrected chi connectivity index (χ2v) is 5.65. The van der Waals surface area contributed by atoms with Crippen LogP contribution in [0.15, 0.2) is 0 Å². The quantitative estimate of drug-likeness (QED) is 0.482. The van der Waals surface area contributed by atoms with Crippen LogP contribution in [0, 0.1) is 10.8 Å². The summed E-state index contributed by atoms with van der Waals surface area (Å²) in [6.45, 7) is 3.98. The van der Waals surface area contributed by atoms with Gasteiger partial charge in [-0.3, -0.25) is 10.1 Å². The molecule has 0 amide bonds. The standard InChI is InChI=1S/C14H26N2O2/c1-11(17)13(15)6-9-14(10-16-12(2)18)7-4-3-5-8-14/h12,15-16,18H,3-10H2,1-2H3. The van der Waals surface area contributed by atoms with Gasteiger partial charge >= 0.3 is 0 Å². The van der Waals surface area contributed by atoms with E-state index in [0.717, 1.165) is 25.8 Å². The van der Waals surface area contributed by atoms with E-state index in [-0.39, 0.29) is 16.9 Å². The minimum absolute atomic E-state index is 0.121. The number of rotatable bonds is 7. The molecule has 1 unspecified atom stereocenters. The van der Waals surface area contributed by atoms with E-state index in [9.17, 15) is 9.90 Å². The van der Waals surface area contributed by atoms with Gasteiger partial charge in [-0.25, -0.2) is 0 Å². The third kappa shape index (κ3) is 4.86. The van der Waals surface area contributed by atoms with Crippen LogP contribution in [0.4, 0.5) is 0 Å². The van der Waals surface area contributed by atoms with E-state index < -0.39 is 6.23 Å². The normalized spacial score (nSPS) is 20.4. The highest BCUT2D eigenvalue weighted by molar-refractivity contribution is 6.37. The zero-order chi connectivity index (χ0) is 13.6. The summed E-state index contributed by atoms with van der Waals surface area (Å²) in [6.07, 6.45) is 6.94. The fourth-order valence-electron chi connectivity index (χ4n) is 2.75. The van der Waals surface area contributed by atoms with E-state index in [1.807, 2.05) is 0 Å². The van der Waals surface area contributed by atoms with Crippen molar-refractivity contribution in [1.29, 1.82) is 5.41 Å². The van der Waals surface area contributed by atoms with Crippen molar-refractivity contribution in [2.24, 2.45) is 5.41 Å². The Labute approximate surface area is 110 Å². The second kappa shape index (κ2) is 7.00. The molecule has 0 saturated heterocycles. The van der Waals surface area contributed by atoms with Gasteiger partial charge in [-0.1, -0.05) is 19.3 Å². The van der Waals surface area contributed by atoms with Crippen LogP contribution in [0.25, 0.3) is 0 Å². The molecule has 4 heteroatoms. The van der Waals surface area contributed by atoms with Gasteiger partial charge in [0, 0.05) is 13.5 Å². The Kier molecular flexibility index (Phi) is 5.96. The van der Waals surface area contributed by atoms with Gasteiger partial charge in [0.15, 0.2) is 5.78 Å². The minimum atomic E-state index is -0.490. The van der Waals surface area contributed by atoms with Gasteiger partial charge in [-0.05, 0) is 38.0 Å². The number of aliphatic hydroxyl groups is 1. The van der Waals surface area contributed by atoms with Gasteiger partial charge < -0.3 is 10.5 Å². The van der Waals surface area contributed by atoms with Gasteiger partial charge in [-0.2, -0.15) is 0 Å². The largest absolute Gasteiger partial charge is 0.379 e. The van der Waals surface area contributed by atoms with Crippen LogP contribution in [0.2, 0.25) is 0 Å². The topological polar surface area (TPSA) is 73.2 Å². The Morgan fingerprint density at radius 3 is 2.50 bits per heavy atom. The van der Waals surface area contributed by atoms with E-state index in [1.165, 1.54) is 26.2 Å². The average Bonchev–Trinajstić information content (AvgIpc) is 2.35. The fourth-order valence-corrected chi connectivity index (χ4v) is 2.75. The first-order chi connectivity index (χ1) is 8.45. The highest BCUT2D eigenvalue weighted by atomic mass is 16.3. The van der Waals surface area contributed by atoms with Crippen LogP contribution in [0.1, 0.15) is 58.8 Å². The monoisotopic (exact) mass is 254 g/mol. The third-order valence-corrected chi connectivity index (χ3v) is 4.02. The lowest BCUT2D eigenvalue weighted by Crippen LogP contribution is -2.40. The van der Waals surface area contributed by atoms with Crippen molar-refractivity contribution in [3.05, 3.63) is 0 Å². The van der Waals surface area contributed by atoms with E-state index in [2.05, 4.69) is 5.32 Å². The van der Waals surface area contributed by atoms with Crippen LogP contribution >= 0.6 is 0 Å². The molecule has 0 heterocycles. The lowest BCUT2D eigenvalue weighted by atomic mass is 9.70. The molecule has 0 bridgehead atoms. The van der Waals surface area contributed by atoms with Crippen LogP contribution < -0.4 is 5.32 Å². The molecule has 104 valence electrons. The van der Waals surface area contributed by atoms with Crippen LogP contribution in [0.5, 0.6) is 0 Å². The molecule has 3 N–H and O–H groups in total. The SMILES string of the molecule is CC(=O)C(=N)CCC1(CNC(C)O)CCCCC1. The number of ketones is 1. The van der Waals surface area contributed by atoms with Crippen molar-refractivity contribution in [2.45, 2.75) is 65.0 Å². The molecule has 0 aliphatic heterocycles. The molecular formula is C14H26N2O2. The summed E-state index contributed by atoms with van der Waals surface area (Å²) in [5, 5.41) is 20.1. The molecule has 1 fully saturated rings. The number of carbonyl (C=O) groups is 1. The van der Waals surface area contributed by atoms with Crippen molar-refractivity contribution in [2.75, 3.05) is 6.54 Å². The van der Waals surface area contributed by atoms with Gasteiger partial charge in [0.25, 0.3) is 0 Å². The molecule has 1 atom stereocenters. The Morgan fingerprint density at radius 1 is 1.39 bits per heavy atom. The number of hydrogen-bond acceptors (Lipinski definition) is 4. The molecule has 1 aliphatic carbocycles. The van der Waals surface area contributed by atoms with Crippen molar-refractivity contribution in [1.82, 2.24) is 5.32 Å². The maximum absolute atomic E-state index is 11.1. The molecule has 1 saturated carbocycles. The Morgan fingerprint density at radius 2 is 2.00 bits per heavy atom.